The Morgan fingerprint density at radius 3 is 1.48 bits per heavy atom. The molecule has 0 amide bonds. The van der Waals surface area contributed by atoms with Gasteiger partial charge < -0.3 is 0 Å². The van der Waals surface area contributed by atoms with E-state index in [0.717, 1.165) is 12.0 Å². The molecule has 0 saturated carbocycles. The molecule has 0 heteroatoms. The molecule has 0 unspecified atom stereocenters. The van der Waals surface area contributed by atoms with Gasteiger partial charge in [0.25, 0.3) is 0 Å². The average molecular weight is 321 g/mol. The molecule has 0 aliphatic carbocycles. The Balaban J connectivity index is -0.000000106. The molecular formula is C23H44. The maximum atomic E-state index is 3.63. The van der Waals surface area contributed by atoms with Crippen LogP contribution in [-0.4, -0.2) is 0 Å². The predicted octanol–water partition coefficient (Wildman–Crippen LogP) is 8.84. The van der Waals surface area contributed by atoms with E-state index in [-0.39, 0.29) is 0 Å². The minimum absolute atomic E-state index is 1.02. The van der Waals surface area contributed by atoms with Crippen LogP contribution in [0.2, 0.25) is 0 Å². The Hall–Kier alpha value is -1.30. The first-order valence-electron chi connectivity index (χ1n) is 9.18. The van der Waals surface area contributed by atoms with E-state index >= 15 is 0 Å². The number of allylic oxidation sites excluding steroid dienone is 6. The summed E-state index contributed by atoms with van der Waals surface area (Å²) in [6.07, 6.45) is 19.8. The summed E-state index contributed by atoms with van der Waals surface area (Å²) in [5.74, 6) is 0. The molecule has 0 heterocycles. The first kappa shape index (κ1) is 29.7. The van der Waals surface area contributed by atoms with Crippen molar-refractivity contribution in [2.45, 2.75) is 86.0 Å². The molecule has 0 aromatic heterocycles. The van der Waals surface area contributed by atoms with Gasteiger partial charge in [0.2, 0.25) is 0 Å². The second-order valence-electron chi connectivity index (χ2n) is 5.26. The molecule has 23 heavy (non-hydrogen) atoms. The molecule has 0 N–H and O–H groups in total. The first-order chi connectivity index (χ1) is 11.0. The second-order valence-corrected chi connectivity index (χ2v) is 5.26. The largest absolute Gasteiger partial charge is 0.103 e. The van der Waals surface area contributed by atoms with Crippen molar-refractivity contribution in [1.29, 1.82) is 0 Å². The SMILES string of the molecule is C=CC(=C)C.C=CC=CCC.C=CCCCCC.CCCCC. The third kappa shape index (κ3) is 76.9. The lowest BCUT2D eigenvalue weighted by Crippen LogP contribution is -1.67. The standard InChI is InChI=1S/C7H14.C6H10.C5H8.C5H12/c1-3-5-7-6-4-2;1-3-5-6-4-2;1-4-5(2)3;1-3-5-4-2/h3H,1,4-7H2,2H3;3,5-6H,1,4H2,2H3;4H,1-2H2,3H3;3-5H2,1-2H3. The summed E-state index contributed by atoms with van der Waals surface area (Å²) >= 11 is 0. The summed E-state index contributed by atoms with van der Waals surface area (Å²) in [4.78, 5) is 0. The van der Waals surface area contributed by atoms with E-state index in [1.807, 2.05) is 19.1 Å². The fourth-order valence-electron chi connectivity index (χ4n) is 1.12. The van der Waals surface area contributed by atoms with Crippen LogP contribution in [0.4, 0.5) is 0 Å². The highest BCUT2D eigenvalue weighted by molar-refractivity contribution is 5.05. The van der Waals surface area contributed by atoms with Crippen LogP contribution in [0.15, 0.2) is 62.3 Å². The molecule has 0 spiro atoms. The van der Waals surface area contributed by atoms with Gasteiger partial charge in [-0.3, -0.25) is 0 Å². The van der Waals surface area contributed by atoms with E-state index in [0.29, 0.717) is 0 Å². The summed E-state index contributed by atoms with van der Waals surface area (Å²) in [6, 6.07) is 0. The van der Waals surface area contributed by atoms with Crippen molar-refractivity contribution in [3.63, 3.8) is 0 Å². The predicted molar refractivity (Wildman–Crippen MR) is 114 cm³/mol. The van der Waals surface area contributed by atoms with E-state index < -0.39 is 0 Å². The Kier molecular flexibility index (Phi) is 48.0. The van der Waals surface area contributed by atoms with Crippen LogP contribution < -0.4 is 0 Å². The van der Waals surface area contributed by atoms with E-state index in [1.54, 1.807) is 12.2 Å². The molecule has 0 radical (unpaired) electrons. The van der Waals surface area contributed by atoms with Gasteiger partial charge in [-0.2, -0.15) is 0 Å². The fraction of sp³-hybridized carbons (Fsp3) is 0.565. The molecule has 0 fully saturated rings. The Morgan fingerprint density at radius 2 is 1.30 bits per heavy atom. The van der Waals surface area contributed by atoms with Crippen molar-refractivity contribution in [1.82, 2.24) is 0 Å². The van der Waals surface area contributed by atoms with Crippen molar-refractivity contribution in [2.24, 2.45) is 0 Å². The summed E-state index contributed by atoms with van der Waals surface area (Å²) in [5, 5.41) is 0. The highest BCUT2D eigenvalue weighted by Gasteiger charge is 1.77. The van der Waals surface area contributed by atoms with Gasteiger partial charge in [0.1, 0.15) is 0 Å². The fourth-order valence-corrected chi connectivity index (χ4v) is 1.12. The molecule has 0 atom stereocenters. The van der Waals surface area contributed by atoms with Crippen molar-refractivity contribution < 1.29 is 0 Å². The second kappa shape index (κ2) is 37.2. The number of unbranched alkanes of at least 4 members (excludes halogenated alkanes) is 5. The summed E-state index contributed by atoms with van der Waals surface area (Å²) in [5.41, 5.74) is 1.02. The van der Waals surface area contributed by atoms with Crippen LogP contribution in [0.25, 0.3) is 0 Å². The van der Waals surface area contributed by atoms with Gasteiger partial charge in [-0.15, -0.1) is 6.58 Å². The highest BCUT2D eigenvalue weighted by Crippen LogP contribution is 1.97. The van der Waals surface area contributed by atoms with Crippen LogP contribution >= 0.6 is 0 Å². The van der Waals surface area contributed by atoms with Gasteiger partial charge in [-0.25, -0.2) is 0 Å². The summed E-state index contributed by atoms with van der Waals surface area (Å²) < 4.78 is 0. The van der Waals surface area contributed by atoms with Gasteiger partial charge in [-0.1, -0.05) is 115 Å². The maximum absolute atomic E-state index is 3.63. The molecule has 0 bridgehead atoms. The normalized spacial score (nSPS) is 8.39. The molecule has 136 valence electrons. The molecule has 0 aliphatic rings. The zero-order valence-corrected chi connectivity index (χ0v) is 16.9. The van der Waals surface area contributed by atoms with Crippen molar-refractivity contribution in [3.05, 3.63) is 62.3 Å². The lowest BCUT2D eigenvalue weighted by atomic mass is 10.2. The highest BCUT2D eigenvalue weighted by atomic mass is 13.8. The van der Waals surface area contributed by atoms with E-state index in [2.05, 4.69) is 60.1 Å². The van der Waals surface area contributed by atoms with E-state index in [1.165, 1.54) is 44.9 Å². The third-order valence-electron chi connectivity index (χ3n) is 2.58. The van der Waals surface area contributed by atoms with Gasteiger partial charge in [0.15, 0.2) is 0 Å². The van der Waals surface area contributed by atoms with Crippen LogP contribution in [0.3, 0.4) is 0 Å². The molecule has 0 saturated heterocycles. The smallest absolute Gasteiger partial charge is 0.0353 e. The van der Waals surface area contributed by atoms with Crippen molar-refractivity contribution >= 4 is 0 Å². The number of hydrogen-bond acceptors (Lipinski definition) is 0. The Labute approximate surface area is 148 Å². The van der Waals surface area contributed by atoms with Gasteiger partial charge in [0.05, 0.1) is 0 Å². The van der Waals surface area contributed by atoms with E-state index in [4.69, 9.17) is 0 Å². The zero-order chi connectivity index (χ0) is 18.8. The van der Waals surface area contributed by atoms with Crippen molar-refractivity contribution in [2.75, 3.05) is 0 Å². The first-order valence-corrected chi connectivity index (χ1v) is 9.18. The molecule has 0 aliphatic heterocycles. The number of hydrogen-bond donors (Lipinski definition) is 0. The van der Waals surface area contributed by atoms with Gasteiger partial charge >= 0.3 is 0 Å². The molecule has 0 rings (SSSR count). The number of rotatable bonds is 9. The summed E-state index contributed by atoms with van der Waals surface area (Å²) in [7, 11) is 0. The van der Waals surface area contributed by atoms with Gasteiger partial charge in [-0.05, 0) is 26.2 Å². The third-order valence-corrected chi connectivity index (χ3v) is 2.58. The maximum Gasteiger partial charge on any atom is -0.0353 e. The van der Waals surface area contributed by atoms with Crippen LogP contribution in [0, 0.1) is 0 Å². The van der Waals surface area contributed by atoms with Gasteiger partial charge in [0, 0.05) is 0 Å². The minimum atomic E-state index is 1.02. The lowest BCUT2D eigenvalue weighted by molar-refractivity contribution is 0.730. The topological polar surface area (TPSA) is 0 Å². The zero-order valence-electron chi connectivity index (χ0n) is 16.9. The quantitative estimate of drug-likeness (QED) is 0.226. The Bertz CT molecular complexity index is 253. The molecular weight excluding hydrogens is 276 g/mol. The monoisotopic (exact) mass is 320 g/mol. The molecule has 0 aromatic carbocycles. The average Bonchev–Trinajstić information content (AvgIpc) is 2.56. The minimum Gasteiger partial charge on any atom is -0.103 e. The Morgan fingerprint density at radius 1 is 0.826 bits per heavy atom. The van der Waals surface area contributed by atoms with Crippen LogP contribution in [0.1, 0.15) is 86.0 Å². The van der Waals surface area contributed by atoms with E-state index in [9.17, 15) is 0 Å². The van der Waals surface area contributed by atoms with Crippen LogP contribution in [0.5, 0.6) is 0 Å². The summed E-state index contributed by atoms with van der Waals surface area (Å²) in [6.45, 7) is 24.8. The molecule has 0 nitrogen and oxygen atoms in total. The lowest BCUT2D eigenvalue weighted by Gasteiger charge is -1.87. The van der Waals surface area contributed by atoms with Crippen molar-refractivity contribution in [3.8, 4) is 0 Å². The molecule has 0 aromatic rings. The van der Waals surface area contributed by atoms with Crippen LogP contribution in [-0.2, 0) is 0 Å².